The van der Waals surface area contributed by atoms with Gasteiger partial charge in [0.1, 0.15) is 10.9 Å². The molecule has 0 aliphatic heterocycles. The van der Waals surface area contributed by atoms with E-state index in [4.69, 9.17) is 9.47 Å². The molecule has 4 aromatic rings. The molecule has 0 heterocycles. The van der Waals surface area contributed by atoms with Gasteiger partial charge in [0.25, 0.3) is 5.91 Å². The molecule has 1 unspecified atom stereocenters. The number of carbonyl (C=O) groups excluding carboxylic acids is 2. The van der Waals surface area contributed by atoms with Crippen LogP contribution < -0.4 is 20.1 Å². The first-order chi connectivity index (χ1) is 19.2. The largest absolute Gasteiger partial charge is 0.493 e. The highest BCUT2D eigenvalue weighted by Crippen LogP contribution is 2.37. The lowest BCUT2D eigenvalue weighted by atomic mass is 10.1. The van der Waals surface area contributed by atoms with E-state index < -0.39 is 46.0 Å². The minimum Gasteiger partial charge on any atom is -0.493 e. The van der Waals surface area contributed by atoms with Crippen molar-refractivity contribution in [3.8, 4) is 11.5 Å². The summed E-state index contributed by atoms with van der Waals surface area (Å²) in [6, 6.07) is 19.6. The van der Waals surface area contributed by atoms with Crippen molar-refractivity contribution in [3.63, 3.8) is 0 Å². The summed E-state index contributed by atoms with van der Waals surface area (Å²) in [5, 5.41) is 3.70. The van der Waals surface area contributed by atoms with Crippen LogP contribution in [0, 0.1) is 23.3 Å². The van der Waals surface area contributed by atoms with Gasteiger partial charge in [-0.1, -0.05) is 30.3 Å². The monoisotopic (exact) mass is 570 g/mol. The predicted octanol–water partition coefficient (Wildman–Crippen LogP) is 6.98. The fourth-order valence-corrected chi connectivity index (χ4v) is 4.73. The van der Waals surface area contributed by atoms with Gasteiger partial charge in [-0.2, -0.15) is 0 Å². The Morgan fingerprint density at radius 2 is 1.38 bits per heavy atom. The molecule has 0 aliphatic rings. The molecule has 0 radical (unpaired) electrons. The third-order valence-corrected chi connectivity index (χ3v) is 6.98. The Kier molecular flexibility index (Phi) is 8.95. The van der Waals surface area contributed by atoms with Crippen molar-refractivity contribution in [2.24, 2.45) is 0 Å². The van der Waals surface area contributed by atoms with Gasteiger partial charge in [0.05, 0.1) is 14.2 Å². The lowest BCUT2D eigenvalue weighted by Gasteiger charge is -2.18. The topological polar surface area (TPSA) is 76.7 Å². The SMILES string of the molecule is COc1ccc(C(=O)Nc2ccc(SC(C(=O)Nc3c(F)c(F)cc(F)c3F)c3ccccc3)cc2)cc1OC. The molecule has 0 fully saturated rings. The second-order valence-corrected chi connectivity index (χ2v) is 9.47. The van der Waals surface area contributed by atoms with Gasteiger partial charge in [-0.05, 0) is 48.0 Å². The van der Waals surface area contributed by atoms with E-state index in [1.165, 1.54) is 20.3 Å². The zero-order valence-electron chi connectivity index (χ0n) is 21.1. The Balaban J connectivity index is 1.53. The molecule has 206 valence electrons. The lowest BCUT2D eigenvalue weighted by molar-refractivity contribution is -0.115. The normalized spacial score (nSPS) is 11.4. The molecule has 0 bridgehead atoms. The Labute approximate surface area is 231 Å². The molecule has 0 saturated carbocycles. The molecular weight excluding hydrogens is 548 g/mol. The summed E-state index contributed by atoms with van der Waals surface area (Å²) in [5.74, 6) is -7.11. The molecule has 0 saturated heterocycles. The van der Waals surface area contributed by atoms with E-state index in [9.17, 15) is 27.2 Å². The van der Waals surface area contributed by atoms with E-state index in [0.29, 0.717) is 33.2 Å². The van der Waals surface area contributed by atoms with Gasteiger partial charge >= 0.3 is 0 Å². The smallest absolute Gasteiger partial charge is 0.255 e. The standard InChI is InChI=1S/C29H22F4N2O4S/c1-38-22-13-8-17(14-23(22)39-2)28(36)34-18-9-11-19(12-10-18)40-27(16-6-4-3-5-7-16)29(37)35-26-24(32)20(30)15-21(31)25(26)33/h3-15,27H,1-2H3,(H,34,36)(H,35,37). The van der Waals surface area contributed by atoms with Crippen LogP contribution in [0.4, 0.5) is 28.9 Å². The van der Waals surface area contributed by atoms with E-state index >= 15 is 0 Å². The van der Waals surface area contributed by atoms with Gasteiger partial charge in [-0.15, -0.1) is 11.8 Å². The molecule has 4 rings (SSSR count). The summed E-state index contributed by atoms with van der Waals surface area (Å²) in [6.07, 6.45) is 0. The van der Waals surface area contributed by atoms with Gasteiger partial charge in [-0.25, -0.2) is 17.6 Å². The number of hydrogen-bond donors (Lipinski definition) is 2. The summed E-state index contributed by atoms with van der Waals surface area (Å²) in [6.45, 7) is 0. The van der Waals surface area contributed by atoms with Gasteiger partial charge in [0.15, 0.2) is 34.8 Å². The van der Waals surface area contributed by atoms with Crippen LogP contribution in [0.1, 0.15) is 21.2 Å². The number of hydrogen-bond acceptors (Lipinski definition) is 5. The Morgan fingerprint density at radius 3 is 1.98 bits per heavy atom. The lowest BCUT2D eigenvalue weighted by Crippen LogP contribution is -2.21. The molecule has 0 spiro atoms. The molecule has 40 heavy (non-hydrogen) atoms. The van der Waals surface area contributed by atoms with Crippen LogP contribution in [0.5, 0.6) is 11.5 Å². The number of benzene rings is 4. The zero-order valence-corrected chi connectivity index (χ0v) is 22.0. The predicted molar refractivity (Wildman–Crippen MR) is 144 cm³/mol. The van der Waals surface area contributed by atoms with Crippen molar-refractivity contribution in [2.75, 3.05) is 24.9 Å². The summed E-state index contributed by atoms with van der Waals surface area (Å²) in [4.78, 5) is 26.4. The van der Waals surface area contributed by atoms with Gasteiger partial charge < -0.3 is 20.1 Å². The maximum Gasteiger partial charge on any atom is 0.255 e. The van der Waals surface area contributed by atoms with Gasteiger partial charge in [0.2, 0.25) is 5.91 Å². The maximum absolute atomic E-state index is 14.2. The average Bonchev–Trinajstić information content (AvgIpc) is 2.97. The molecule has 2 amide bonds. The van der Waals surface area contributed by atoms with Crippen LogP contribution in [0.3, 0.4) is 0 Å². The van der Waals surface area contributed by atoms with E-state index in [2.05, 4.69) is 5.32 Å². The van der Waals surface area contributed by atoms with E-state index in [1.54, 1.807) is 66.7 Å². The fraction of sp³-hybridized carbons (Fsp3) is 0.103. The first kappa shape index (κ1) is 28.5. The van der Waals surface area contributed by atoms with Gasteiger partial charge in [-0.3, -0.25) is 9.59 Å². The minimum absolute atomic E-state index is 0.0647. The minimum atomic E-state index is -1.71. The quantitative estimate of drug-likeness (QED) is 0.129. The highest BCUT2D eigenvalue weighted by molar-refractivity contribution is 8.00. The number of anilines is 2. The third kappa shape index (κ3) is 6.37. The van der Waals surface area contributed by atoms with E-state index in [-0.39, 0.29) is 6.07 Å². The van der Waals surface area contributed by atoms with Crippen molar-refractivity contribution in [3.05, 3.63) is 113 Å². The molecule has 0 aromatic heterocycles. The first-order valence-corrected chi connectivity index (χ1v) is 12.6. The summed E-state index contributed by atoms with van der Waals surface area (Å²) in [7, 11) is 2.95. The molecule has 6 nitrogen and oxygen atoms in total. The second kappa shape index (κ2) is 12.6. The number of methoxy groups -OCH3 is 2. The number of rotatable bonds is 9. The first-order valence-electron chi connectivity index (χ1n) is 11.7. The van der Waals surface area contributed by atoms with Crippen LogP contribution in [0.25, 0.3) is 0 Å². The zero-order chi connectivity index (χ0) is 28.8. The van der Waals surface area contributed by atoms with Crippen molar-refractivity contribution in [1.29, 1.82) is 0 Å². The molecule has 0 aliphatic carbocycles. The number of halogens is 4. The van der Waals surface area contributed by atoms with Crippen LogP contribution >= 0.6 is 11.8 Å². The van der Waals surface area contributed by atoms with E-state index in [0.717, 1.165) is 11.8 Å². The second-order valence-electron chi connectivity index (χ2n) is 8.29. The van der Waals surface area contributed by atoms with Crippen molar-refractivity contribution >= 4 is 35.0 Å². The molecular formula is C29H22F4N2O4S. The maximum atomic E-state index is 14.2. The Morgan fingerprint density at radius 1 is 0.750 bits per heavy atom. The number of nitrogens with one attached hydrogen (secondary N) is 2. The fourth-order valence-electron chi connectivity index (χ4n) is 3.71. The molecule has 4 aromatic carbocycles. The summed E-state index contributed by atoms with van der Waals surface area (Å²) < 4.78 is 66.1. The number of ether oxygens (including phenoxy) is 2. The molecule has 1 atom stereocenters. The van der Waals surface area contributed by atoms with Crippen LogP contribution in [0.15, 0.2) is 83.8 Å². The van der Waals surface area contributed by atoms with Crippen molar-refractivity contribution in [1.82, 2.24) is 0 Å². The van der Waals surface area contributed by atoms with Crippen molar-refractivity contribution in [2.45, 2.75) is 10.1 Å². The average molecular weight is 571 g/mol. The molecule has 11 heteroatoms. The number of carbonyl (C=O) groups is 2. The highest BCUT2D eigenvalue weighted by atomic mass is 32.2. The van der Waals surface area contributed by atoms with E-state index in [1.807, 2.05) is 5.32 Å². The number of amides is 2. The van der Waals surface area contributed by atoms with Gasteiger partial charge in [0, 0.05) is 22.2 Å². The Hall–Kier alpha value is -4.51. The molecule has 2 N–H and O–H groups in total. The van der Waals surface area contributed by atoms with Crippen LogP contribution in [-0.2, 0) is 4.79 Å². The van der Waals surface area contributed by atoms with Crippen molar-refractivity contribution < 1.29 is 36.6 Å². The van der Waals surface area contributed by atoms with Crippen LogP contribution in [-0.4, -0.2) is 26.0 Å². The highest BCUT2D eigenvalue weighted by Gasteiger charge is 2.27. The number of thioether (sulfide) groups is 1. The Bertz CT molecular complexity index is 1510. The summed E-state index contributed by atoms with van der Waals surface area (Å²) >= 11 is 1.03. The third-order valence-electron chi connectivity index (χ3n) is 5.71. The summed E-state index contributed by atoms with van der Waals surface area (Å²) in [5.41, 5.74) is 0.0696. The van der Waals surface area contributed by atoms with Crippen LogP contribution in [0.2, 0.25) is 0 Å².